The molecule has 1 amide bonds. The molecule has 114 valence electrons. The first-order chi connectivity index (χ1) is 9.97. The zero-order valence-electron chi connectivity index (χ0n) is 11.4. The van der Waals surface area contributed by atoms with Crippen molar-refractivity contribution in [2.24, 2.45) is 5.73 Å². The number of nitrogens with two attached hydrogens (primary N) is 1. The van der Waals surface area contributed by atoms with Gasteiger partial charge in [0, 0.05) is 11.6 Å². The van der Waals surface area contributed by atoms with Gasteiger partial charge in [0.15, 0.2) is 0 Å². The average molecular weight is 313 g/mol. The van der Waals surface area contributed by atoms with Crippen LogP contribution in [0.5, 0.6) is 0 Å². The number of benzene rings is 1. The van der Waals surface area contributed by atoms with Gasteiger partial charge in [0.2, 0.25) is 5.91 Å². The molecule has 1 aromatic carbocycles. The Morgan fingerprint density at radius 2 is 2.10 bits per heavy atom. The second-order valence-corrected chi connectivity index (χ2v) is 5.34. The maximum Gasteiger partial charge on any atom is 0.305 e. The van der Waals surface area contributed by atoms with Crippen LogP contribution in [0.4, 0.5) is 0 Å². The normalized spacial score (nSPS) is 20.1. The highest BCUT2D eigenvalue weighted by molar-refractivity contribution is 6.30. The van der Waals surface area contributed by atoms with Gasteiger partial charge in [0.25, 0.3) is 0 Å². The highest BCUT2D eigenvalue weighted by atomic mass is 35.5. The van der Waals surface area contributed by atoms with E-state index in [0.29, 0.717) is 24.7 Å². The SMILES string of the molecule is NC(CC(=O)O)C(=O)N1CCOC(c2ccc(Cl)cc2)C1. The third-order valence-corrected chi connectivity index (χ3v) is 3.58. The molecule has 7 heteroatoms. The lowest BCUT2D eigenvalue weighted by Gasteiger charge is -2.34. The van der Waals surface area contributed by atoms with Crippen molar-refractivity contribution >= 4 is 23.5 Å². The molecule has 0 radical (unpaired) electrons. The van der Waals surface area contributed by atoms with Crippen LogP contribution in [0.1, 0.15) is 18.1 Å². The highest BCUT2D eigenvalue weighted by Crippen LogP contribution is 2.24. The summed E-state index contributed by atoms with van der Waals surface area (Å²) in [5, 5.41) is 9.33. The first-order valence-corrected chi connectivity index (χ1v) is 6.98. The highest BCUT2D eigenvalue weighted by Gasteiger charge is 2.29. The fourth-order valence-corrected chi connectivity index (χ4v) is 2.36. The van der Waals surface area contributed by atoms with Gasteiger partial charge in [-0.3, -0.25) is 9.59 Å². The zero-order chi connectivity index (χ0) is 15.4. The van der Waals surface area contributed by atoms with Gasteiger partial charge >= 0.3 is 5.97 Å². The van der Waals surface area contributed by atoms with Crippen LogP contribution >= 0.6 is 11.6 Å². The largest absolute Gasteiger partial charge is 0.481 e. The minimum Gasteiger partial charge on any atom is -0.481 e. The van der Waals surface area contributed by atoms with E-state index in [1.165, 1.54) is 0 Å². The Morgan fingerprint density at radius 1 is 1.43 bits per heavy atom. The van der Waals surface area contributed by atoms with E-state index in [2.05, 4.69) is 0 Å². The van der Waals surface area contributed by atoms with E-state index in [9.17, 15) is 9.59 Å². The van der Waals surface area contributed by atoms with E-state index in [-0.39, 0.29) is 18.4 Å². The molecule has 0 aromatic heterocycles. The summed E-state index contributed by atoms with van der Waals surface area (Å²) in [6, 6.07) is 6.19. The van der Waals surface area contributed by atoms with Crippen molar-refractivity contribution in [1.82, 2.24) is 4.90 Å². The standard InChI is InChI=1S/C14H17ClN2O4/c15-10-3-1-9(2-4-10)12-8-17(5-6-21-12)14(20)11(16)7-13(18)19/h1-4,11-12H,5-8,16H2,(H,18,19). The second kappa shape index (κ2) is 6.89. The van der Waals surface area contributed by atoms with Crippen LogP contribution in [0.25, 0.3) is 0 Å². The molecular formula is C14H17ClN2O4. The zero-order valence-corrected chi connectivity index (χ0v) is 12.1. The van der Waals surface area contributed by atoms with E-state index in [1.54, 1.807) is 17.0 Å². The third-order valence-electron chi connectivity index (χ3n) is 3.33. The van der Waals surface area contributed by atoms with Gasteiger partial charge in [-0.15, -0.1) is 0 Å². The van der Waals surface area contributed by atoms with Gasteiger partial charge in [-0.2, -0.15) is 0 Å². The van der Waals surface area contributed by atoms with Crippen molar-refractivity contribution in [3.8, 4) is 0 Å². The number of hydrogen-bond donors (Lipinski definition) is 2. The Hall–Kier alpha value is -1.63. The summed E-state index contributed by atoms with van der Waals surface area (Å²) in [4.78, 5) is 24.3. The number of carbonyl (C=O) groups is 2. The fraction of sp³-hybridized carbons (Fsp3) is 0.429. The van der Waals surface area contributed by atoms with Crippen molar-refractivity contribution in [3.05, 3.63) is 34.9 Å². The molecule has 2 rings (SSSR count). The predicted octanol–water partition coefficient (Wildman–Crippen LogP) is 1.04. The van der Waals surface area contributed by atoms with Crippen LogP contribution in [0.2, 0.25) is 5.02 Å². The maximum absolute atomic E-state index is 12.1. The van der Waals surface area contributed by atoms with E-state index < -0.39 is 12.0 Å². The minimum atomic E-state index is -1.08. The maximum atomic E-state index is 12.1. The van der Waals surface area contributed by atoms with Crippen molar-refractivity contribution in [3.63, 3.8) is 0 Å². The van der Waals surface area contributed by atoms with Gasteiger partial charge in [-0.1, -0.05) is 23.7 Å². The summed E-state index contributed by atoms with van der Waals surface area (Å²) in [5.74, 6) is -1.45. The van der Waals surface area contributed by atoms with Crippen LogP contribution in [0, 0.1) is 0 Å². The third kappa shape index (κ3) is 4.17. The molecule has 2 atom stereocenters. The molecular weight excluding hydrogens is 296 g/mol. The Morgan fingerprint density at radius 3 is 2.71 bits per heavy atom. The number of carboxylic acids is 1. The van der Waals surface area contributed by atoms with Crippen molar-refractivity contribution in [2.75, 3.05) is 19.7 Å². The molecule has 0 bridgehead atoms. The summed E-state index contributed by atoms with van der Waals surface area (Å²) in [7, 11) is 0. The Kier molecular flexibility index (Phi) is 5.17. The molecule has 1 aromatic rings. The summed E-state index contributed by atoms with van der Waals surface area (Å²) >= 11 is 5.84. The van der Waals surface area contributed by atoms with Crippen LogP contribution in [0.3, 0.4) is 0 Å². The number of carbonyl (C=O) groups excluding carboxylic acids is 1. The lowest BCUT2D eigenvalue weighted by atomic mass is 10.1. The number of hydrogen-bond acceptors (Lipinski definition) is 4. The number of morpholine rings is 1. The number of nitrogens with zero attached hydrogens (tertiary/aromatic N) is 1. The summed E-state index contributed by atoms with van der Waals surface area (Å²) in [5.41, 5.74) is 6.54. The molecule has 3 N–H and O–H groups in total. The molecule has 6 nitrogen and oxygen atoms in total. The van der Waals surface area contributed by atoms with E-state index in [4.69, 9.17) is 27.2 Å². The summed E-state index contributed by atoms with van der Waals surface area (Å²) in [6.07, 6.45) is -0.626. The summed E-state index contributed by atoms with van der Waals surface area (Å²) < 4.78 is 5.65. The van der Waals surface area contributed by atoms with E-state index in [0.717, 1.165) is 5.56 Å². The number of halogens is 1. The Balaban J connectivity index is 2.01. The topological polar surface area (TPSA) is 92.9 Å². The van der Waals surface area contributed by atoms with Gasteiger partial charge in [0.1, 0.15) is 6.10 Å². The quantitative estimate of drug-likeness (QED) is 0.866. The number of ether oxygens (including phenoxy) is 1. The molecule has 1 heterocycles. The van der Waals surface area contributed by atoms with Gasteiger partial charge in [0.05, 0.1) is 25.6 Å². The molecule has 0 aliphatic carbocycles. The molecule has 1 saturated heterocycles. The van der Waals surface area contributed by atoms with Crippen LogP contribution < -0.4 is 5.73 Å². The molecule has 1 aliphatic heterocycles. The fourth-order valence-electron chi connectivity index (χ4n) is 2.24. The molecule has 1 aliphatic rings. The van der Waals surface area contributed by atoms with Gasteiger partial charge in [-0.25, -0.2) is 0 Å². The molecule has 0 saturated carbocycles. The van der Waals surface area contributed by atoms with Crippen LogP contribution in [-0.2, 0) is 14.3 Å². The van der Waals surface area contributed by atoms with Crippen molar-refractivity contribution in [2.45, 2.75) is 18.6 Å². The molecule has 1 fully saturated rings. The Bertz CT molecular complexity index is 520. The Labute approximate surface area is 127 Å². The van der Waals surface area contributed by atoms with E-state index >= 15 is 0 Å². The first-order valence-electron chi connectivity index (χ1n) is 6.60. The first kappa shape index (κ1) is 15.8. The molecule has 21 heavy (non-hydrogen) atoms. The lowest BCUT2D eigenvalue weighted by Crippen LogP contribution is -2.49. The van der Waals surface area contributed by atoms with Gasteiger partial charge < -0.3 is 20.5 Å². The van der Waals surface area contributed by atoms with E-state index in [1.807, 2.05) is 12.1 Å². The lowest BCUT2D eigenvalue weighted by molar-refractivity contribution is -0.145. The number of rotatable bonds is 4. The predicted molar refractivity (Wildman–Crippen MR) is 77.0 cm³/mol. The van der Waals surface area contributed by atoms with Gasteiger partial charge in [-0.05, 0) is 17.7 Å². The number of aliphatic carboxylic acids is 1. The molecule has 2 unspecified atom stereocenters. The van der Waals surface area contributed by atoms with Crippen LogP contribution in [-0.4, -0.2) is 47.6 Å². The van der Waals surface area contributed by atoms with Crippen molar-refractivity contribution < 1.29 is 19.4 Å². The number of amides is 1. The average Bonchev–Trinajstić information content (AvgIpc) is 2.46. The monoisotopic (exact) mass is 312 g/mol. The molecule has 0 spiro atoms. The second-order valence-electron chi connectivity index (χ2n) is 4.90. The van der Waals surface area contributed by atoms with Crippen LogP contribution in [0.15, 0.2) is 24.3 Å². The number of carboxylic acid groups (broad SMARTS) is 1. The minimum absolute atomic E-state index is 0.253. The smallest absolute Gasteiger partial charge is 0.305 e. The summed E-state index contributed by atoms with van der Waals surface area (Å²) in [6.45, 7) is 1.16. The van der Waals surface area contributed by atoms with Crippen molar-refractivity contribution in [1.29, 1.82) is 0 Å².